The molecule has 9 heteroatoms. The van der Waals surface area contributed by atoms with Gasteiger partial charge in [-0.15, -0.1) is 10.2 Å². The van der Waals surface area contributed by atoms with Crippen LogP contribution in [-0.2, 0) is 10.0 Å². The molecule has 0 spiro atoms. The van der Waals surface area contributed by atoms with Gasteiger partial charge >= 0.3 is 0 Å². The molecule has 1 aromatic carbocycles. The van der Waals surface area contributed by atoms with Crippen LogP contribution in [0.2, 0.25) is 0 Å². The van der Waals surface area contributed by atoms with Crippen molar-refractivity contribution in [2.75, 3.05) is 0 Å². The number of primary sulfonamides is 1. The van der Waals surface area contributed by atoms with E-state index < -0.39 is 10.0 Å². The molecule has 2 heterocycles. The lowest BCUT2D eigenvalue weighted by Crippen LogP contribution is -2.14. The monoisotopic (exact) mass is 316 g/mol. The Morgan fingerprint density at radius 3 is 2.59 bits per heavy atom. The number of H-pyrrole nitrogens is 1. The molecule has 0 bridgehead atoms. The molecule has 3 rings (SSSR count). The van der Waals surface area contributed by atoms with Gasteiger partial charge in [0.1, 0.15) is 0 Å². The molecule has 0 unspecified atom stereocenters. The van der Waals surface area contributed by atoms with Crippen molar-refractivity contribution in [3.63, 3.8) is 0 Å². The van der Waals surface area contributed by atoms with Gasteiger partial charge in [-0.05, 0) is 29.8 Å². The second-order valence-corrected chi connectivity index (χ2v) is 6.21. The number of pyridine rings is 1. The maximum Gasteiger partial charge on any atom is 0.238 e. The van der Waals surface area contributed by atoms with Crippen LogP contribution >= 0.6 is 0 Å². The van der Waals surface area contributed by atoms with Crippen molar-refractivity contribution in [3.8, 4) is 22.6 Å². The Bertz CT molecular complexity index is 904. The second kappa shape index (κ2) is 5.28. The number of nitrogens with one attached hydrogen (secondary N) is 1. The van der Waals surface area contributed by atoms with Gasteiger partial charge in [-0.3, -0.25) is 4.98 Å². The lowest BCUT2D eigenvalue weighted by atomic mass is 10.0. The number of benzene rings is 1. The van der Waals surface area contributed by atoms with E-state index in [2.05, 4.69) is 25.6 Å². The number of hydrogen-bond acceptors (Lipinski definition) is 6. The highest BCUT2D eigenvalue weighted by atomic mass is 32.2. The summed E-state index contributed by atoms with van der Waals surface area (Å²) in [4.78, 5) is 4.25. The number of rotatable bonds is 3. The summed E-state index contributed by atoms with van der Waals surface area (Å²) in [5.41, 5.74) is 2.42. The minimum Gasteiger partial charge on any atom is -0.256 e. The summed E-state index contributed by atoms with van der Waals surface area (Å²) in [6, 6.07) is 8.41. The number of tetrazole rings is 1. The van der Waals surface area contributed by atoms with Crippen LogP contribution in [0.15, 0.2) is 41.4 Å². The maximum atomic E-state index is 11.9. The van der Waals surface area contributed by atoms with Crippen LogP contribution in [-0.4, -0.2) is 34.0 Å². The average Bonchev–Trinajstić information content (AvgIpc) is 3.00. The van der Waals surface area contributed by atoms with Gasteiger partial charge in [-0.1, -0.05) is 18.2 Å². The molecule has 0 saturated carbocycles. The van der Waals surface area contributed by atoms with E-state index in [1.54, 1.807) is 24.4 Å². The van der Waals surface area contributed by atoms with E-state index in [0.29, 0.717) is 11.3 Å². The largest absolute Gasteiger partial charge is 0.256 e. The smallest absolute Gasteiger partial charge is 0.238 e. The second-order valence-electron chi connectivity index (χ2n) is 4.68. The van der Waals surface area contributed by atoms with Crippen molar-refractivity contribution >= 4 is 10.0 Å². The zero-order valence-corrected chi connectivity index (χ0v) is 12.4. The van der Waals surface area contributed by atoms with E-state index in [1.165, 1.54) is 6.07 Å². The number of hydrogen-bond donors (Lipinski definition) is 2. The Hall–Kier alpha value is -2.65. The van der Waals surface area contributed by atoms with Gasteiger partial charge in [0, 0.05) is 11.8 Å². The quantitative estimate of drug-likeness (QED) is 0.738. The zero-order valence-electron chi connectivity index (χ0n) is 11.6. The maximum absolute atomic E-state index is 11.9. The van der Waals surface area contributed by atoms with Crippen LogP contribution in [0.1, 0.15) is 5.56 Å². The van der Waals surface area contributed by atoms with E-state index in [-0.39, 0.29) is 16.3 Å². The lowest BCUT2D eigenvalue weighted by Gasteiger charge is -2.10. The minimum absolute atomic E-state index is 0.0752. The van der Waals surface area contributed by atoms with Crippen LogP contribution < -0.4 is 5.14 Å². The summed E-state index contributed by atoms with van der Waals surface area (Å²) < 4.78 is 23.7. The molecule has 0 aliphatic heterocycles. The first-order chi connectivity index (χ1) is 10.5. The molecule has 8 nitrogen and oxygen atoms in total. The molecule has 0 amide bonds. The topological polar surface area (TPSA) is 128 Å². The normalized spacial score (nSPS) is 11.5. The predicted octanol–water partition coefficient (Wildman–Crippen LogP) is 0.885. The number of aromatic nitrogens is 5. The zero-order chi connectivity index (χ0) is 15.7. The van der Waals surface area contributed by atoms with Crippen LogP contribution in [0, 0.1) is 6.92 Å². The van der Waals surface area contributed by atoms with Gasteiger partial charge in [0.2, 0.25) is 15.8 Å². The van der Waals surface area contributed by atoms with E-state index in [1.807, 2.05) is 13.0 Å². The molecule has 0 aliphatic carbocycles. The van der Waals surface area contributed by atoms with Gasteiger partial charge < -0.3 is 0 Å². The summed E-state index contributed by atoms with van der Waals surface area (Å²) in [6.07, 6.45) is 1.69. The van der Waals surface area contributed by atoms with Crippen LogP contribution in [0.5, 0.6) is 0 Å². The minimum atomic E-state index is -3.95. The predicted molar refractivity (Wildman–Crippen MR) is 79.0 cm³/mol. The van der Waals surface area contributed by atoms with Crippen LogP contribution in [0.3, 0.4) is 0 Å². The first-order valence-electron chi connectivity index (χ1n) is 6.29. The summed E-state index contributed by atoms with van der Waals surface area (Å²) in [6.45, 7) is 1.91. The molecule has 3 aromatic rings. The molecule has 22 heavy (non-hydrogen) atoms. The first kappa shape index (κ1) is 14.3. The van der Waals surface area contributed by atoms with Crippen molar-refractivity contribution in [1.29, 1.82) is 0 Å². The Labute approximate surface area is 126 Å². The van der Waals surface area contributed by atoms with Crippen molar-refractivity contribution in [2.45, 2.75) is 11.8 Å². The third-order valence-electron chi connectivity index (χ3n) is 3.09. The van der Waals surface area contributed by atoms with Crippen molar-refractivity contribution in [2.24, 2.45) is 5.14 Å². The number of sulfonamides is 1. The highest BCUT2D eigenvalue weighted by Crippen LogP contribution is 2.33. The summed E-state index contributed by atoms with van der Waals surface area (Å²) >= 11 is 0. The molecule has 0 aliphatic rings. The average molecular weight is 316 g/mol. The Morgan fingerprint density at radius 1 is 1.18 bits per heavy atom. The lowest BCUT2D eigenvalue weighted by molar-refractivity contribution is 0.598. The molecule has 2 aromatic heterocycles. The van der Waals surface area contributed by atoms with E-state index in [4.69, 9.17) is 5.14 Å². The highest BCUT2D eigenvalue weighted by Gasteiger charge is 2.22. The van der Waals surface area contributed by atoms with Crippen molar-refractivity contribution in [3.05, 3.63) is 42.1 Å². The van der Waals surface area contributed by atoms with E-state index >= 15 is 0 Å². The van der Waals surface area contributed by atoms with Crippen molar-refractivity contribution in [1.82, 2.24) is 25.6 Å². The molecular weight excluding hydrogens is 304 g/mol. The van der Waals surface area contributed by atoms with E-state index in [0.717, 1.165) is 5.56 Å². The molecule has 0 fully saturated rings. The number of nitrogens with zero attached hydrogens (tertiary/aromatic N) is 4. The van der Waals surface area contributed by atoms with Gasteiger partial charge in [-0.2, -0.15) is 5.21 Å². The number of aryl methyl sites for hydroxylation is 1. The fraction of sp³-hybridized carbons (Fsp3) is 0.0769. The highest BCUT2D eigenvalue weighted by molar-refractivity contribution is 7.89. The van der Waals surface area contributed by atoms with Gasteiger partial charge in [0.25, 0.3) is 0 Å². The third kappa shape index (κ3) is 2.59. The number of aromatic amines is 1. The third-order valence-corrected chi connectivity index (χ3v) is 4.04. The Morgan fingerprint density at radius 2 is 2.00 bits per heavy atom. The van der Waals surface area contributed by atoms with Crippen LogP contribution in [0.25, 0.3) is 22.6 Å². The van der Waals surface area contributed by atoms with Crippen LogP contribution in [0.4, 0.5) is 0 Å². The fourth-order valence-corrected chi connectivity index (χ4v) is 2.86. The molecule has 3 N–H and O–H groups in total. The molecule has 112 valence electrons. The standard InChI is InChI=1S/C13H12N6O2S/c1-8-5-6-10(15-7-8)9-3-2-4-11(22(14,20)21)12(9)13-16-18-19-17-13/h2-7H,1H3,(H2,14,20,21)(H,16,17,18,19). The summed E-state index contributed by atoms with van der Waals surface area (Å²) in [5.74, 6) is 0.141. The number of nitrogens with two attached hydrogens (primary N) is 1. The fourth-order valence-electron chi connectivity index (χ4n) is 2.11. The Balaban J connectivity index is 2.34. The molecular formula is C13H12N6O2S. The van der Waals surface area contributed by atoms with E-state index in [9.17, 15) is 8.42 Å². The Kier molecular flexibility index (Phi) is 3.43. The SMILES string of the molecule is Cc1ccc(-c2cccc(S(N)(=O)=O)c2-c2nn[nH]n2)nc1. The van der Waals surface area contributed by atoms with Crippen molar-refractivity contribution < 1.29 is 8.42 Å². The summed E-state index contributed by atoms with van der Waals surface area (Å²) in [5, 5.41) is 18.8. The first-order valence-corrected chi connectivity index (χ1v) is 7.84. The van der Waals surface area contributed by atoms with Gasteiger partial charge in [0.15, 0.2) is 0 Å². The van der Waals surface area contributed by atoms with Gasteiger partial charge in [-0.25, -0.2) is 13.6 Å². The van der Waals surface area contributed by atoms with Gasteiger partial charge in [0.05, 0.1) is 16.2 Å². The molecule has 0 radical (unpaired) electrons. The summed E-state index contributed by atoms with van der Waals surface area (Å²) in [7, 11) is -3.95. The molecule has 0 saturated heterocycles. The molecule has 0 atom stereocenters.